The summed E-state index contributed by atoms with van der Waals surface area (Å²) in [5, 5.41) is 19.6. The van der Waals surface area contributed by atoms with E-state index in [2.05, 4.69) is 0 Å². The number of benzene rings is 1. The first kappa shape index (κ1) is 16.0. The van der Waals surface area contributed by atoms with Gasteiger partial charge < -0.3 is 22.6 Å². The van der Waals surface area contributed by atoms with Crippen molar-refractivity contribution in [3.8, 4) is 5.75 Å². The molecule has 2 N–H and O–H groups in total. The van der Waals surface area contributed by atoms with E-state index in [0.717, 1.165) is 0 Å². The van der Waals surface area contributed by atoms with Crippen molar-refractivity contribution >= 4 is 22.4 Å². The highest BCUT2D eigenvalue weighted by Crippen LogP contribution is 2.31. The quantitative estimate of drug-likeness (QED) is 0.502. The van der Waals surface area contributed by atoms with E-state index in [1.54, 1.807) is 34.9 Å². The minimum atomic E-state index is -0.942. The smallest absolute Gasteiger partial charge is 0.303 e. The Morgan fingerprint density at radius 3 is 2.68 bits per heavy atom. The van der Waals surface area contributed by atoms with Crippen molar-refractivity contribution in [3.63, 3.8) is 0 Å². The summed E-state index contributed by atoms with van der Waals surface area (Å²) in [5.74, 6) is -1.44. The van der Waals surface area contributed by atoms with Gasteiger partial charge >= 0.3 is 5.97 Å². The fraction of sp³-hybridized carbons (Fsp3) is 0.125. The molecule has 0 atom stereocenters. The average molecular weight is 322 g/mol. The van der Waals surface area contributed by atoms with Crippen molar-refractivity contribution < 1.29 is 36.2 Å². The number of pyridine rings is 2. The third kappa shape index (κ3) is 2.55. The van der Waals surface area contributed by atoms with Crippen LogP contribution in [0.1, 0.15) is 12.0 Å². The van der Waals surface area contributed by atoms with E-state index in [9.17, 15) is 14.3 Å². The number of hydrogen-bond donors (Lipinski definition) is 2. The van der Waals surface area contributed by atoms with Gasteiger partial charge in [-0.2, -0.15) is 8.79 Å². The van der Waals surface area contributed by atoms with Crippen molar-refractivity contribution in [2.24, 2.45) is 0 Å². The lowest BCUT2D eigenvalue weighted by molar-refractivity contribution is -0.483. The molecule has 0 saturated heterocycles. The highest BCUT2D eigenvalue weighted by atomic mass is 35.5. The minimum Gasteiger partial charge on any atom is -1.00 e. The number of rotatable bonds is 3. The van der Waals surface area contributed by atoms with E-state index in [-0.39, 0.29) is 36.5 Å². The molecule has 6 heteroatoms. The van der Waals surface area contributed by atoms with Crippen LogP contribution in [0.15, 0.2) is 42.6 Å². The molecule has 0 aliphatic heterocycles. The summed E-state index contributed by atoms with van der Waals surface area (Å²) in [7, 11) is 0. The van der Waals surface area contributed by atoms with Crippen molar-refractivity contribution in [1.29, 1.82) is 0 Å². The number of para-hydroxylation sites is 1. The van der Waals surface area contributed by atoms with E-state index in [0.29, 0.717) is 16.5 Å². The van der Waals surface area contributed by atoms with Gasteiger partial charge in [-0.05, 0) is 24.6 Å². The molecule has 0 spiro atoms. The van der Waals surface area contributed by atoms with E-state index in [1.165, 1.54) is 12.1 Å². The molecule has 4 nitrogen and oxygen atoms in total. The van der Waals surface area contributed by atoms with Gasteiger partial charge in [-0.1, -0.05) is 6.07 Å². The minimum absolute atomic E-state index is 0. The summed E-state index contributed by atoms with van der Waals surface area (Å²) in [6.45, 7) is 0. The van der Waals surface area contributed by atoms with E-state index < -0.39 is 11.8 Å². The monoisotopic (exact) mass is 321 g/mol. The fourth-order valence-electron chi connectivity index (χ4n) is 2.60. The van der Waals surface area contributed by atoms with Crippen LogP contribution in [0.2, 0.25) is 0 Å². The molecule has 0 radical (unpaired) electrons. The first-order chi connectivity index (χ1) is 10.1. The Labute approximate surface area is 131 Å². The van der Waals surface area contributed by atoms with Crippen molar-refractivity contribution in [1.82, 2.24) is 0 Å². The first-order valence-corrected chi connectivity index (χ1v) is 6.54. The van der Waals surface area contributed by atoms with Crippen LogP contribution in [0.25, 0.3) is 16.4 Å². The topological polar surface area (TPSA) is 61.6 Å². The van der Waals surface area contributed by atoms with Gasteiger partial charge in [-0.25, -0.2) is 0 Å². The molecule has 1 aromatic carbocycles. The molecule has 0 unspecified atom stereocenters. The van der Waals surface area contributed by atoms with Crippen molar-refractivity contribution in [2.75, 3.05) is 0 Å². The molecule has 0 aliphatic rings. The average Bonchev–Trinajstić information content (AvgIpc) is 2.47. The van der Waals surface area contributed by atoms with Gasteiger partial charge in [0.15, 0.2) is 12.0 Å². The highest BCUT2D eigenvalue weighted by Gasteiger charge is 2.23. The Morgan fingerprint density at radius 2 is 1.95 bits per heavy atom. The predicted octanol–water partition coefficient (Wildman–Crippen LogP) is -0.556. The molecule has 114 valence electrons. The Balaban J connectivity index is 0.00000176. The van der Waals surface area contributed by atoms with Crippen LogP contribution in [0.5, 0.6) is 5.75 Å². The van der Waals surface area contributed by atoms with Gasteiger partial charge in [0.25, 0.3) is 5.52 Å². The van der Waals surface area contributed by atoms with Gasteiger partial charge in [0.05, 0.1) is 10.9 Å². The number of aryl methyl sites for hydroxylation is 1. The number of carboxylic acid groups (broad SMARTS) is 1. The third-order valence-corrected chi connectivity index (χ3v) is 3.53. The van der Waals surface area contributed by atoms with Crippen LogP contribution in [0, 0.1) is 5.82 Å². The molecule has 3 aromatic rings. The van der Waals surface area contributed by atoms with Crippen molar-refractivity contribution in [3.05, 3.63) is 54.0 Å². The molecule has 0 bridgehead atoms. The molecular formula is C16H13ClFNO3. The number of aliphatic carboxylic acids is 1. The zero-order valence-electron chi connectivity index (χ0n) is 11.5. The maximum Gasteiger partial charge on any atom is 0.303 e. The van der Waals surface area contributed by atoms with Crippen LogP contribution in [-0.2, 0) is 11.2 Å². The number of aromatic nitrogens is 1. The van der Waals surface area contributed by atoms with Gasteiger partial charge in [-0.15, -0.1) is 0 Å². The number of carbonyl (C=O) groups is 1. The number of aromatic hydroxyl groups is 1. The number of carboxylic acids is 1. The fourth-order valence-corrected chi connectivity index (χ4v) is 2.60. The second-order valence-electron chi connectivity index (χ2n) is 4.81. The maximum absolute atomic E-state index is 14.1. The Kier molecular flexibility index (Phi) is 4.47. The van der Waals surface area contributed by atoms with Crippen LogP contribution in [0.3, 0.4) is 0 Å². The molecule has 2 aromatic heterocycles. The Hall–Kier alpha value is -2.40. The number of nitrogens with zero attached hydrogens (tertiary/aromatic N) is 1. The molecule has 3 rings (SSSR count). The zero-order valence-corrected chi connectivity index (χ0v) is 12.2. The number of fused-ring (bicyclic) bond motifs is 3. The van der Waals surface area contributed by atoms with E-state index in [1.807, 2.05) is 0 Å². The SMILES string of the molecule is O=C(O)CCc1c(O)c2cccc(F)c2[n+]2ccccc12.[Cl-]. The molecule has 0 aliphatic carbocycles. The second-order valence-corrected chi connectivity index (χ2v) is 4.81. The molecule has 0 saturated carbocycles. The Morgan fingerprint density at radius 1 is 1.18 bits per heavy atom. The summed E-state index contributed by atoms with van der Waals surface area (Å²) in [6.07, 6.45) is 1.78. The molecule has 22 heavy (non-hydrogen) atoms. The lowest BCUT2D eigenvalue weighted by Crippen LogP contribution is -3.00. The van der Waals surface area contributed by atoms with E-state index in [4.69, 9.17) is 5.11 Å². The molecule has 0 fully saturated rings. The van der Waals surface area contributed by atoms with Crippen LogP contribution in [0.4, 0.5) is 4.39 Å². The van der Waals surface area contributed by atoms with Gasteiger partial charge in [0.1, 0.15) is 5.75 Å². The largest absolute Gasteiger partial charge is 1.00 e. The lowest BCUT2D eigenvalue weighted by Gasteiger charge is -2.07. The normalized spacial score (nSPS) is 10.6. The van der Waals surface area contributed by atoms with Gasteiger partial charge in [-0.3, -0.25) is 4.79 Å². The summed E-state index contributed by atoms with van der Waals surface area (Å²) < 4.78 is 15.8. The number of hydrogen-bond acceptors (Lipinski definition) is 2. The Bertz CT molecular complexity index is 867. The number of halogens is 2. The lowest BCUT2D eigenvalue weighted by atomic mass is 10.0. The zero-order chi connectivity index (χ0) is 15.0. The molecule has 2 heterocycles. The third-order valence-electron chi connectivity index (χ3n) is 3.53. The highest BCUT2D eigenvalue weighted by molar-refractivity contribution is 5.87. The van der Waals surface area contributed by atoms with Crippen LogP contribution >= 0.6 is 0 Å². The second kappa shape index (κ2) is 6.15. The first-order valence-electron chi connectivity index (χ1n) is 6.54. The molecular weight excluding hydrogens is 309 g/mol. The summed E-state index contributed by atoms with van der Waals surface area (Å²) >= 11 is 0. The van der Waals surface area contributed by atoms with Crippen LogP contribution in [-0.4, -0.2) is 16.2 Å². The van der Waals surface area contributed by atoms with Crippen molar-refractivity contribution in [2.45, 2.75) is 12.8 Å². The standard InChI is InChI=1S/C16H12FNO3.ClH/c17-12-5-3-4-11-15(12)18-9-2-1-6-13(18)10(16(11)21)7-8-14(19)20;/h1-6,9H,7-8H2,(H,19,20);1H. The predicted molar refractivity (Wildman–Crippen MR) is 74.7 cm³/mol. The maximum atomic E-state index is 14.1. The molecule has 0 amide bonds. The summed E-state index contributed by atoms with van der Waals surface area (Å²) in [4.78, 5) is 10.8. The summed E-state index contributed by atoms with van der Waals surface area (Å²) in [6, 6.07) is 9.74. The van der Waals surface area contributed by atoms with E-state index >= 15 is 0 Å². The summed E-state index contributed by atoms with van der Waals surface area (Å²) in [5.41, 5.74) is 1.40. The van der Waals surface area contributed by atoms with Gasteiger partial charge in [0.2, 0.25) is 5.52 Å². The van der Waals surface area contributed by atoms with Crippen LogP contribution < -0.4 is 16.8 Å². The van der Waals surface area contributed by atoms with Gasteiger partial charge in [0, 0.05) is 18.6 Å².